The van der Waals surface area contributed by atoms with E-state index in [0.717, 1.165) is 18.2 Å². The van der Waals surface area contributed by atoms with Crippen LogP contribution in [-0.2, 0) is 14.4 Å². The quantitative estimate of drug-likeness (QED) is 0.670. The molecule has 22 heavy (non-hydrogen) atoms. The number of hydrogen-bond donors (Lipinski definition) is 1. The van der Waals surface area contributed by atoms with Crippen molar-refractivity contribution < 1.29 is 24.0 Å². The molecule has 116 valence electrons. The smallest absolute Gasteiger partial charge is 0.397 e. The van der Waals surface area contributed by atoms with Crippen molar-refractivity contribution in [2.75, 3.05) is 12.2 Å². The van der Waals surface area contributed by atoms with E-state index < -0.39 is 17.3 Å². The van der Waals surface area contributed by atoms with Crippen LogP contribution in [0.3, 0.4) is 0 Å². The van der Waals surface area contributed by atoms with Gasteiger partial charge in [-0.05, 0) is 44.0 Å². The Balaban J connectivity index is 2.79. The van der Waals surface area contributed by atoms with Crippen LogP contribution in [0.5, 0.6) is 0 Å². The SMILES string of the molecule is CON(C(=O)C(=O)O)c1c(C)oc2cc(C)c(C)cc2c1=O. The molecule has 1 heterocycles. The Kier molecular flexibility index (Phi) is 4.01. The van der Waals surface area contributed by atoms with Crippen LogP contribution in [0.2, 0.25) is 0 Å². The Morgan fingerprint density at radius 1 is 1.18 bits per heavy atom. The van der Waals surface area contributed by atoms with Gasteiger partial charge in [0.15, 0.2) is 5.69 Å². The van der Waals surface area contributed by atoms with Crippen LogP contribution in [0, 0.1) is 20.8 Å². The lowest BCUT2D eigenvalue weighted by atomic mass is 10.1. The third kappa shape index (κ3) is 2.46. The predicted molar refractivity (Wildman–Crippen MR) is 78.8 cm³/mol. The molecule has 7 heteroatoms. The van der Waals surface area contributed by atoms with E-state index >= 15 is 0 Å². The van der Waals surface area contributed by atoms with Gasteiger partial charge < -0.3 is 9.52 Å². The fourth-order valence-corrected chi connectivity index (χ4v) is 2.15. The van der Waals surface area contributed by atoms with Gasteiger partial charge >= 0.3 is 11.9 Å². The van der Waals surface area contributed by atoms with Gasteiger partial charge in [-0.15, -0.1) is 0 Å². The first kappa shape index (κ1) is 15.7. The number of fused-ring (bicyclic) bond motifs is 1. The minimum absolute atomic E-state index is 0.0946. The summed E-state index contributed by atoms with van der Waals surface area (Å²) in [5.74, 6) is -3.01. The highest BCUT2D eigenvalue weighted by atomic mass is 16.7. The van der Waals surface area contributed by atoms with Crippen LogP contribution in [0.25, 0.3) is 11.0 Å². The van der Waals surface area contributed by atoms with Crippen molar-refractivity contribution in [1.29, 1.82) is 0 Å². The molecule has 1 N–H and O–H groups in total. The van der Waals surface area contributed by atoms with Crippen molar-refractivity contribution in [2.24, 2.45) is 0 Å². The Labute approximate surface area is 125 Å². The third-order valence-corrected chi connectivity index (χ3v) is 3.41. The number of amides is 1. The number of benzene rings is 1. The standard InChI is InChI=1S/C15H15NO6/c1-7-5-10-11(6-8(7)2)22-9(3)12(13(10)17)16(21-4)14(18)15(19)20/h5-6H,1-4H3,(H,19,20). The molecule has 1 aromatic carbocycles. The number of nitrogens with zero attached hydrogens (tertiary/aromatic N) is 1. The van der Waals surface area contributed by atoms with Crippen LogP contribution in [0.4, 0.5) is 5.69 Å². The molecule has 7 nitrogen and oxygen atoms in total. The maximum absolute atomic E-state index is 12.6. The van der Waals surface area contributed by atoms with Gasteiger partial charge in [-0.1, -0.05) is 0 Å². The average Bonchev–Trinajstić information content (AvgIpc) is 2.45. The zero-order chi connectivity index (χ0) is 16.6. The lowest BCUT2D eigenvalue weighted by Gasteiger charge is -2.18. The molecule has 2 aromatic rings. The second-order valence-electron chi connectivity index (χ2n) is 4.86. The van der Waals surface area contributed by atoms with Crippen molar-refractivity contribution >= 4 is 28.5 Å². The zero-order valence-electron chi connectivity index (χ0n) is 12.6. The van der Waals surface area contributed by atoms with Gasteiger partial charge in [0.1, 0.15) is 11.3 Å². The lowest BCUT2D eigenvalue weighted by Crippen LogP contribution is -2.39. The van der Waals surface area contributed by atoms with E-state index in [9.17, 15) is 14.4 Å². The van der Waals surface area contributed by atoms with Gasteiger partial charge in [-0.2, -0.15) is 5.06 Å². The Morgan fingerprint density at radius 2 is 1.77 bits per heavy atom. The fraction of sp³-hybridized carbons (Fsp3) is 0.267. The molecule has 0 aliphatic carbocycles. The molecular formula is C15H15NO6. The summed E-state index contributed by atoms with van der Waals surface area (Å²) < 4.78 is 5.56. The second-order valence-corrected chi connectivity index (χ2v) is 4.86. The molecule has 0 atom stereocenters. The van der Waals surface area contributed by atoms with Crippen LogP contribution < -0.4 is 10.5 Å². The van der Waals surface area contributed by atoms with Crippen molar-refractivity contribution in [1.82, 2.24) is 0 Å². The molecule has 0 bridgehead atoms. The minimum atomic E-state index is -1.74. The van der Waals surface area contributed by atoms with Gasteiger partial charge in [0.25, 0.3) is 0 Å². The molecule has 0 fully saturated rings. The van der Waals surface area contributed by atoms with Gasteiger partial charge in [0.05, 0.1) is 12.5 Å². The van der Waals surface area contributed by atoms with Crippen molar-refractivity contribution in [2.45, 2.75) is 20.8 Å². The second kappa shape index (κ2) is 5.61. The largest absolute Gasteiger partial charge is 0.474 e. The summed E-state index contributed by atoms with van der Waals surface area (Å²) in [5.41, 5.74) is 1.42. The first-order valence-electron chi connectivity index (χ1n) is 6.44. The number of carboxylic acid groups (broad SMARTS) is 1. The number of aliphatic carboxylic acids is 1. The molecule has 0 radical (unpaired) electrons. The van der Waals surface area contributed by atoms with E-state index in [2.05, 4.69) is 0 Å². The summed E-state index contributed by atoms with van der Waals surface area (Å²) in [4.78, 5) is 39.9. The van der Waals surface area contributed by atoms with Crippen LogP contribution in [0.1, 0.15) is 16.9 Å². The Hall–Kier alpha value is -2.67. The number of hydrogen-bond acceptors (Lipinski definition) is 5. The third-order valence-electron chi connectivity index (χ3n) is 3.41. The normalized spacial score (nSPS) is 10.7. The number of carbonyl (C=O) groups is 2. The number of rotatable bonds is 2. The first-order chi connectivity index (χ1) is 10.3. The first-order valence-corrected chi connectivity index (χ1v) is 6.44. The highest BCUT2D eigenvalue weighted by Gasteiger charge is 2.28. The Bertz CT molecular complexity index is 836. The summed E-state index contributed by atoms with van der Waals surface area (Å²) in [6.45, 7) is 5.18. The minimum Gasteiger partial charge on any atom is -0.474 e. The molecule has 0 spiro atoms. The molecule has 0 unspecified atom stereocenters. The highest BCUT2D eigenvalue weighted by Crippen LogP contribution is 2.24. The molecule has 1 amide bonds. The predicted octanol–water partition coefficient (Wildman–Crippen LogP) is 1.70. The molecular weight excluding hydrogens is 290 g/mol. The van der Waals surface area contributed by atoms with Crippen LogP contribution in [0.15, 0.2) is 21.3 Å². The fourth-order valence-electron chi connectivity index (χ4n) is 2.15. The van der Waals surface area contributed by atoms with E-state index in [4.69, 9.17) is 14.4 Å². The van der Waals surface area contributed by atoms with Crippen molar-refractivity contribution in [3.8, 4) is 0 Å². The van der Waals surface area contributed by atoms with E-state index in [1.165, 1.54) is 6.92 Å². The van der Waals surface area contributed by atoms with E-state index in [0.29, 0.717) is 10.6 Å². The van der Waals surface area contributed by atoms with Crippen molar-refractivity contribution in [3.05, 3.63) is 39.2 Å². The van der Waals surface area contributed by atoms with E-state index in [-0.39, 0.29) is 16.8 Å². The molecule has 2 rings (SSSR count). The molecule has 1 aromatic heterocycles. The van der Waals surface area contributed by atoms with Gasteiger partial charge in [-0.3, -0.25) is 14.4 Å². The summed E-state index contributed by atoms with van der Waals surface area (Å²) >= 11 is 0. The van der Waals surface area contributed by atoms with E-state index in [1.807, 2.05) is 13.8 Å². The summed E-state index contributed by atoms with van der Waals surface area (Å²) in [7, 11) is 1.10. The molecule has 0 saturated heterocycles. The zero-order valence-corrected chi connectivity index (χ0v) is 12.6. The summed E-state index contributed by atoms with van der Waals surface area (Å²) in [6, 6.07) is 3.36. The number of carboxylic acids is 1. The van der Waals surface area contributed by atoms with Gasteiger partial charge in [-0.25, -0.2) is 4.79 Å². The molecule has 0 saturated carbocycles. The van der Waals surface area contributed by atoms with Gasteiger partial charge in [0, 0.05) is 0 Å². The van der Waals surface area contributed by atoms with Crippen molar-refractivity contribution in [3.63, 3.8) is 0 Å². The maximum atomic E-state index is 12.6. The van der Waals surface area contributed by atoms with E-state index in [1.54, 1.807) is 12.1 Å². The van der Waals surface area contributed by atoms with Crippen LogP contribution >= 0.6 is 0 Å². The number of aryl methyl sites for hydroxylation is 3. The number of carbonyl (C=O) groups excluding carboxylic acids is 1. The molecule has 0 aliphatic rings. The average molecular weight is 305 g/mol. The summed E-state index contributed by atoms with van der Waals surface area (Å²) in [5, 5.41) is 9.50. The van der Waals surface area contributed by atoms with Gasteiger partial charge in [0.2, 0.25) is 5.43 Å². The monoisotopic (exact) mass is 305 g/mol. The number of anilines is 1. The highest BCUT2D eigenvalue weighted by molar-refractivity contribution is 6.36. The van der Waals surface area contributed by atoms with Crippen LogP contribution in [-0.4, -0.2) is 24.1 Å². The number of hydroxylamine groups is 1. The molecule has 0 aliphatic heterocycles. The topological polar surface area (TPSA) is 97.1 Å². The summed E-state index contributed by atoms with van der Waals surface area (Å²) in [6.07, 6.45) is 0. The Morgan fingerprint density at radius 3 is 2.32 bits per heavy atom. The lowest BCUT2D eigenvalue weighted by molar-refractivity contribution is -0.151. The maximum Gasteiger partial charge on any atom is 0.397 e.